The third-order valence-corrected chi connectivity index (χ3v) is 4.81. The number of nitrogens with one attached hydrogen (secondary N) is 1. The molecule has 0 spiro atoms. The van der Waals surface area contributed by atoms with Crippen molar-refractivity contribution in [2.45, 2.75) is 11.3 Å². The predicted octanol–water partition coefficient (Wildman–Crippen LogP) is 0.983. The van der Waals surface area contributed by atoms with E-state index in [9.17, 15) is 8.42 Å². The molecule has 0 radical (unpaired) electrons. The first-order valence-electron chi connectivity index (χ1n) is 6.28. The number of anilines is 1. The van der Waals surface area contributed by atoms with E-state index in [1.165, 1.54) is 18.4 Å². The molecule has 0 atom stereocenters. The quantitative estimate of drug-likeness (QED) is 0.759. The summed E-state index contributed by atoms with van der Waals surface area (Å²) in [5.41, 5.74) is 1.02. The fourth-order valence-electron chi connectivity index (χ4n) is 1.71. The monoisotopic (exact) mass is 285 g/mol. The van der Waals surface area contributed by atoms with Gasteiger partial charge in [-0.1, -0.05) is 0 Å². The van der Waals surface area contributed by atoms with Crippen LogP contribution in [0.15, 0.2) is 29.2 Å². The Morgan fingerprint density at radius 3 is 2.16 bits per heavy atom. The van der Waals surface area contributed by atoms with Gasteiger partial charge < -0.3 is 10.2 Å². The van der Waals surface area contributed by atoms with E-state index in [0.717, 1.165) is 25.2 Å². The number of hydrogen-bond donors (Lipinski definition) is 1. The fraction of sp³-hybridized carbons (Fsp3) is 0.538. The molecule has 0 amide bonds. The molecule has 0 saturated heterocycles. The maximum absolute atomic E-state index is 11.9. The molecule has 1 aromatic carbocycles. The topological polar surface area (TPSA) is 52.7 Å². The van der Waals surface area contributed by atoms with E-state index in [1.807, 2.05) is 26.2 Å². The smallest absolute Gasteiger partial charge is 0.242 e. The van der Waals surface area contributed by atoms with Crippen LogP contribution in [0.3, 0.4) is 0 Å². The van der Waals surface area contributed by atoms with Gasteiger partial charge in [0.1, 0.15) is 0 Å². The second kappa shape index (κ2) is 6.88. The zero-order chi connectivity index (χ0) is 14.5. The van der Waals surface area contributed by atoms with Crippen molar-refractivity contribution in [1.29, 1.82) is 0 Å². The molecule has 0 bridgehead atoms. The minimum absolute atomic E-state index is 0.324. The lowest BCUT2D eigenvalue weighted by Crippen LogP contribution is -2.23. The molecule has 0 heterocycles. The van der Waals surface area contributed by atoms with Crippen LogP contribution >= 0.6 is 0 Å². The van der Waals surface area contributed by atoms with Crippen molar-refractivity contribution in [2.75, 3.05) is 46.2 Å². The molecule has 6 heteroatoms. The predicted molar refractivity (Wildman–Crippen MR) is 79.1 cm³/mol. The van der Waals surface area contributed by atoms with Crippen LogP contribution in [0.5, 0.6) is 0 Å². The zero-order valence-electron chi connectivity index (χ0n) is 12.0. The zero-order valence-corrected chi connectivity index (χ0v) is 12.9. The van der Waals surface area contributed by atoms with Crippen molar-refractivity contribution in [3.8, 4) is 0 Å². The summed E-state index contributed by atoms with van der Waals surface area (Å²) in [7, 11) is 3.67. The molecule has 0 aliphatic rings. The van der Waals surface area contributed by atoms with Crippen LogP contribution in [0, 0.1) is 0 Å². The maximum Gasteiger partial charge on any atom is 0.242 e. The average Bonchev–Trinajstić information content (AvgIpc) is 2.39. The van der Waals surface area contributed by atoms with Crippen LogP contribution in [-0.2, 0) is 10.0 Å². The molecule has 1 aromatic rings. The van der Waals surface area contributed by atoms with E-state index in [4.69, 9.17) is 0 Å². The molecule has 0 saturated carbocycles. The molecular formula is C13H23N3O2S. The van der Waals surface area contributed by atoms with Crippen molar-refractivity contribution in [3.05, 3.63) is 24.3 Å². The number of nitrogens with zero attached hydrogens (tertiary/aromatic N) is 2. The first-order chi connectivity index (χ1) is 8.89. The lowest BCUT2D eigenvalue weighted by molar-refractivity contribution is 0.521. The summed E-state index contributed by atoms with van der Waals surface area (Å²) >= 11 is 0. The normalized spacial score (nSPS) is 11.8. The van der Waals surface area contributed by atoms with E-state index in [0.29, 0.717) is 4.90 Å². The standard InChI is InChI=1S/C13H23N3O2S/c1-14-10-5-11-16(4)12-6-8-13(9-7-12)19(17,18)15(2)3/h6-9,14H,5,10-11H2,1-4H3. The summed E-state index contributed by atoms with van der Waals surface area (Å²) < 4.78 is 25.1. The van der Waals surface area contributed by atoms with Gasteiger partial charge in [0.2, 0.25) is 10.0 Å². The second-order valence-corrected chi connectivity index (χ2v) is 6.81. The molecular weight excluding hydrogens is 262 g/mol. The van der Waals surface area contributed by atoms with Gasteiger partial charge in [-0.2, -0.15) is 0 Å². The van der Waals surface area contributed by atoms with Crippen molar-refractivity contribution >= 4 is 15.7 Å². The molecule has 0 aromatic heterocycles. The average molecular weight is 285 g/mol. The Kier molecular flexibility index (Phi) is 5.78. The van der Waals surface area contributed by atoms with E-state index in [1.54, 1.807) is 12.1 Å². The molecule has 19 heavy (non-hydrogen) atoms. The molecule has 1 N–H and O–H groups in total. The molecule has 1 rings (SSSR count). The van der Waals surface area contributed by atoms with Gasteiger partial charge in [-0.3, -0.25) is 0 Å². The highest BCUT2D eigenvalue weighted by molar-refractivity contribution is 7.89. The van der Waals surface area contributed by atoms with E-state index >= 15 is 0 Å². The van der Waals surface area contributed by atoms with Gasteiger partial charge >= 0.3 is 0 Å². The lowest BCUT2D eigenvalue weighted by atomic mass is 10.3. The largest absolute Gasteiger partial charge is 0.375 e. The summed E-state index contributed by atoms with van der Waals surface area (Å²) in [6.45, 7) is 1.90. The van der Waals surface area contributed by atoms with Gasteiger partial charge in [0.15, 0.2) is 0 Å². The third kappa shape index (κ3) is 4.19. The minimum Gasteiger partial charge on any atom is -0.375 e. The maximum atomic E-state index is 11.9. The van der Waals surface area contributed by atoms with E-state index in [-0.39, 0.29) is 0 Å². The van der Waals surface area contributed by atoms with E-state index in [2.05, 4.69) is 10.2 Å². The van der Waals surface area contributed by atoms with Gasteiger partial charge in [-0.25, -0.2) is 12.7 Å². The van der Waals surface area contributed by atoms with Crippen LogP contribution in [0.2, 0.25) is 0 Å². The highest BCUT2D eigenvalue weighted by Crippen LogP contribution is 2.18. The summed E-state index contributed by atoms with van der Waals surface area (Å²) in [6.07, 6.45) is 1.05. The highest BCUT2D eigenvalue weighted by atomic mass is 32.2. The number of sulfonamides is 1. The number of hydrogen-bond acceptors (Lipinski definition) is 4. The SMILES string of the molecule is CNCCCN(C)c1ccc(S(=O)(=O)N(C)C)cc1. The van der Waals surface area contributed by atoms with Crippen LogP contribution in [0.1, 0.15) is 6.42 Å². The summed E-state index contributed by atoms with van der Waals surface area (Å²) in [5, 5.41) is 3.10. The summed E-state index contributed by atoms with van der Waals surface area (Å²) in [6, 6.07) is 6.99. The van der Waals surface area contributed by atoms with Crippen LogP contribution < -0.4 is 10.2 Å². The van der Waals surface area contributed by atoms with Gasteiger partial charge in [0.05, 0.1) is 4.90 Å². The first-order valence-corrected chi connectivity index (χ1v) is 7.72. The van der Waals surface area contributed by atoms with Crippen LogP contribution in [0.25, 0.3) is 0 Å². The van der Waals surface area contributed by atoms with Crippen LogP contribution in [0.4, 0.5) is 5.69 Å². The van der Waals surface area contributed by atoms with E-state index < -0.39 is 10.0 Å². The van der Waals surface area contributed by atoms with Gasteiger partial charge in [0.25, 0.3) is 0 Å². The minimum atomic E-state index is -3.34. The molecule has 5 nitrogen and oxygen atoms in total. The Labute approximate surface area is 116 Å². The number of benzene rings is 1. The second-order valence-electron chi connectivity index (χ2n) is 4.66. The summed E-state index contributed by atoms with van der Waals surface area (Å²) in [4.78, 5) is 2.44. The highest BCUT2D eigenvalue weighted by Gasteiger charge is 2.16. The van der Waals surface area contributed by atoms with Crippen molar-refractivity contribution < 1.29 is 8.42 Å². The Bertz CT molecular complexity index is 483. The molecule has 0 aliphatic heterocycles. The van der Waals surface area contributed by atoms with Gasteiger partial charge in [-0.15, -0.1) is 0 Å². The summed E-state index contributed by atoms with van der Waals surface area (Å²) in [5.74, 6) is 0. The van der Waals surface area contributed by atoms with Crippen molar-refractivity contribution in [2.24, 2.45) is 0 Å². The Morgan fingerprint density at radius 1 is 1.11 bits per heavy atom. The molecule has 0 fully saturated rings. The Morgan fingerprint density at radius 2 is 1.68 bits per heavy atom. The van der Waals surface area contributed by atoms with Gasteiger partial charge in [-0.05, 0) is 44.3 Å². The first kappa shape index (κ1) is 15.9. The number of rotatable bonds is 7. The molecule has 0 unspecified atom stereocenters. The Balaban J connectivity index is 2.77. The van der Waals surface area contributed by atoms with Crippen molar-refractivity contribution in [1.82, 2.24) is 9.62 Å². The van der Waals surface area contributed by atoms with Crippen LogP contribution in [-0.4, -0.2) is 54.0 Å². The lowest BCUT2D eigenvalue weighted by Gasteiger charge is -2.20. The molecule has 108 valence electrons. The van der Waals surface area contributed by atoms with Crippen molar-refractivity contribution in [3.63, 3.8) is 0 Å². The third-order valence-electron chi connectivity index (χ3n) is 2.98. The van der Waals surface area contributed by atoms with Gasteiger partial charge in [0, 0.05) is 33.4 Å². The Hall–Kier alpha value is -1.11. The molecule has 0 aliphatic carbocycles. The fourth-order valence-corrected chi connectivity index (χ4v) is 2.61.